The van der Waals surface area contributed by atoms with Gasteiger partial charge >= 0.3 is 0 Å². The molecule has 0 amide bonds. The topological polar surface area (TPSA) is 51.6 Å². The minimum Gasteiger partial charge on any atom is -0.213 e. The molecule has 0 aliphatic rings. The summed E-state index contributed by atoms with van der Waals surface area (Å²) in [5.41, 5.74) is 0.886. The molecule has 0 spiro atoms. The lowest BCUT2D eigenvalue weighted by Crippen LogP contribution is -1.89. The van der Waals surface area contributed by atoms with E-state index in [0.29, 0.717) is 5.15 Å². The van der Waals surface area contributed by atoms with Crippen LogP contribution in [0.15, 0.2) is 16.5 Å². The predicted octanol–water partition coefficient (Wildman–Crippen LogP) is 2.58. The van der Waals surface area contributed by atoms with Gasteiger partial charge in [0.2, 0.25) is 0 Å². The number of halogens is 1. The highest BCUT2D eigenvalue weighted by Crippen LogP contribution is 2.23. The fourth-order valence-electron chi connectivity index (χ4n) is 0.893. The third-order valence-electron chi connectivity index (χ3n) is 1.54. The van der Waals surface area contributed by atoms with E-state index in [4.69, 9.17) is 11.6 Å². The molecule has 2 rings (SSSR count). The van der Waals surface area contributed by atoms with Crippen molar-refractivity contribution < 1.29 is 0 Å². The summed E-state index contributed by atoms with van der Waals surface area (Å²) in [6.07, 6.45) is 0. The number of nitrogens with zero attached hydrogens (tertiary/aromatic N) is 4. The van der Waals surface area contributed by atoms with Crippen LogP contribution in [0.4, 0.5) is 0 Å². The highest BCUT2D eigenvalue weighted by atomic mass is 35.5. The Morgan fingerprint density at radius 1 is 1.40 bits per heavy atom. The van der Waals surface area contributed by atoms with Gasteiger partial charge in [0, 0.05) is 5.75 Å². The second-order valence-electron chi connectivity index (χ2n) is 2.74. The zero-order valence-electron chi connectivity index (χ0n) is 7.85. The van der Waals surface area contributed by atoms with Gasteiger partial charge < -0.3 is 0 Å². The zero-order valence-corrected chi connectivity index (χ0v) is 10.2. The summed E-state index contributed by atoms with van der Waals surface area (Å²) in [5.74, 6) is 1.54. The fraction of sp³-hybridized carbons (Fsp3) is 0.250. The van der Waals surface area contributed by atoms with E-state index in [0.717, 1.165) is 21.6 Å². The molecule has 78 valence electrons. The molecule has 4 nitrogen and oxygen atoms in total. The number of hydrogen-bond acceptors (Lipinski definition) is 6. The van der Waals surface area contributed by atoms with Crippen molar-refractivity contribution in [2.24, 2.45) is 0 Å². The lowest BCUT2D eigenvalue weighted by Gasteiger charge is -1.95. The van der Waals surface area contributed by atoms with Crippen molar-refractivity contribution >= 4 is 34.9 Å². The van der Waals surface area contributed by atoms with Crippen LogP contribution in [0, 0.1) is 6.92 Å². The van der Waals surface area contributed by atoms with E-state index in [1.54, 1.807) is 17.8 Å². The molecule has 0 atom stereocenters. The quantitative estimate of drug-likeness (QED) is 0.792. The maximum Gasteiger partial charge on any atom is 0.170 e. The summed E-state index contributed by atoms with van der Waals surface area (Å²) in [5, 5.41) is 8.13. The van der Waals surface area contributed by atoms with E-state index < -0.39 is 0 Å². The molecule has 15 heavy (non-hydrogen) atoms. The third kappa shape index (κ3) is 3.12. The molecule has 0 saturated carbocycles. The van der Waals surface area contributed by atoms with Crippen LogP contribution in [0.5, 0.6) is 0 Å². The van der Waals surface area contributed by atoms with Crippen molar-refractivity contribution in [1.29, 1.82) is 0 Å². The number of thioether (sulfide) groups is 1. The molecule has 0 fully saturated rings. The Bertz CT molecular complexity index is 442. The standard InChI is InChI=1S/C8H7ClN4S2/c1-5-10-8(15-13-5)14-4-6-2-3-7(9)12-11-6/h2-3H,4H2,1H3. The number of aromatic nitrogens is 4. The van der Waals surface area contributed by atoms with E-state index in [2.05, 4.69) is 19.6 Å². The largest absolute Gasteiger partial charge is 0.213 e. The van der Waals surface area contributed by atoms with Gasteiger partial charge in [-0.15, -0.1) is 5.10 Å². The minimum absolute atomic E-state index is 0.413. The highest BCUT2D eigenvalue weighted by Gasteiger charge is 2.02. The molecule has 7 heteroatoms. The molecule has 0 N–H and O–H groups in total. The summed E-state index contributed by atoms with van der Waals surface area (Å²) in [6, 6.07) is 3.59. The van der Waals surface area contributed by atoms with E-state index in [1.807, 2.05) is 13.0 Å². The Labute approximate surface area is 100 Å². The van der Waals surface area contributed by atoms with Crippen LogP contribution in [0.25, 0.3) is 0 Å². The van der Waals surface area contributed by atoms with Gasteiger partial charge in [-0.3, -0.25) is 0 Å². The van der Waals surface area contributed by atoms with Crippen LogP contribution >= 0.6 is 34.9 Å². The summed E-state index contributed by atoms with van der Waals surface area (Å²) in [6.45, 7) is 1.88. The van der Waals surface area contributed by atoms with Crippen molar-refractivity contribution in [3.05, 3.63) is 28.8 Å². The molecular weight excluding hydrogens is 252 g/mol. The average Bonchev–Trinajstić information content (AvgIpc) is 2.64. The van der Waals surface area contributed by atoms with Crippen molar-refractivity contribution in [2.75, 3.05) is 0 Å². The molecule has 0 saturated heterocycles. The summed E-state index contributed by atoms with van der Waals surface area (Å²) >= 11 is 8.63. The van der Waals surface area contributed by atoms with Crippen LogP contribution in [0.1, 0.15) is 11.5 Å². The SMILES string of the molecule is Cc1nsc(SCc2ccc(Cl)nn2)n1. The van der Waals surface area contributed by atoms with E-state index >= 15 is 0 Å². The average molecular weight is 259 g/mol. The highest BCUT2D eigenvalue weighted by molar-refractivity contribution is 8.00. The first-order valence-electron chi connectivity index (χ1n) is 4.15. The fourth-order valence-corrected chi connectivity index (χ4v) is 2.54. The first-order valence-corrected chi connectivity index (χ1v) is 6.29. The second kappa shape index (κ2) is 4.87. The molecule has 0 radical (unpaired) electrons. The molecule has 0 bridgehead atoms. The summed E-state index contributed by atoms with van der Waals surface area (Å²) in [4.78, 5) is 4.24. The van der Waals surface area contributed by atoms with Crippen molar-refractivity contribution in [1.82, 2.24) is 19.6 Å². The monoisotopic (exact) mass is 258 g/mol. The van der Waals surface area contributed by atoms with E-state index in [9.17, 15) is 0 Å². The maximum atomic E-state index is 5.63. The number of hydrogen-bond donors (Lipinski definition) is 0. The molecule has 0 aliphatic carbocycles. The Balaban J connectivity index is 1.96. The van der Waals surface area contributed by atoms with Gasteiger partial charge in [0.1, 0.15) is 5.82 Å². The summed E-state index contributed by atoms with van der Waals surface area (Å²) < 4.78 is 5.04. The normalized spacial score (nSPS) is 10.5. The van der Waals surface area contributed by atoms with Crippen LogP contribution in [0.3, 0.4) is 0 Å². The Morgan fingerprint density at radius 3 is 2.87 bits per heavy atom. The van der Waals surface area contributed by atoms with Crippen LogP contribution in [0.2, 0.25) is 5.15 Å². The van der Waals surface area contributed by atoms with Crippen molar-refractivity contribution in [3.63, 3.8) is 0 Å². The Kier molecular flexibility index (Phi) is 3.50. The van der Waals surface area contributed by atoms with Gasteiger partial charge in [-0.2, -0.15) is 9.47 Å². The van der Waals surface area contributed by atoms with Crippen LogP contribution in [-0.4, -0.2) is 19.6 Å². The lowest BCUT2D eigenvalue weighted by atomic mass is 10.4. The summed E-state index contributed by atoms with van der Waals surface area (Å²) in [7, 11) is 0. The molecule has 0 aromatic carbocycles. The molecule has 2 aromatic heterocycles. The van der Waals surface area contributed by atoms with E-state index in [-0.39, 0.29) is 0 Å². The van der Waals surface area contributed by atoms with Crippen molar-refractivity contribution in [2.45, 2.75) is 17.0 Å². The number of rotatable bonds is 3. The zero-order chi connectivity index (χ0) is 10.7. The van der Waals surface area contributed by atoms with Gasteiger partial charge in [-0.05, 0) is 30.6 Å². The molecule has 2 heterocycles. The Morgan fingerprint density at radius 2 is 2.27 bits per heavy atom. The van der Waals surface area contributed by atoms with Gasteiger partial charge in [0.15, 0.2) is 9.49 Å². The first kappa shape index (κ1) is 10.8. The molecule has 2 aromatic rings. The van der Waals surface area contributed by atoms with Gasteiger partial charge in [-0.25, -0.2) is 4.98 Å². The first-order chi connectivity index (χ1) is 7.24. The predicted molar refractivity (Wildman–Crippen MR) is 61.2 cm³/mol. The smallest absolute Gasteiger partial charge is 0.170 e. The Hall–Kier alpha value is -0.720. The molecular formula is C8H7ClN4S2. The van der Waals surface area contributed by atoms with Crippen LogP contribution in [-0.2, 0) is 5.75 Å². The minimum atomic E-state index is 0.413. The number of aryl methyl sites for hydroxylation is 1. The second-order valence-corrected chi connectivity index (χ2v) is 5.11. The van der Waals surface area contributed by atoms with Gasteiger partial charge in [-0.1, -0.05) is 23.4 Å². The van der Waals surface area contributed by atoms with Gasteiger partial charge in [0.25, 0.3) is 0 Å². The maximum absolute atomic E-state index is 5.63. The van der Waals surface area contributed by atoms with Crippen molar-refractivity contribution in [3.8, 4) is 0 Å². The van der Waals surface area contributed by atoms with E-state index in [1.165, 1.54) is 11.5 Å². The van der Waals surface area contributed by atoms with Crippen LogP contribution < -0.4 is 0 Å². The third-order valence-corrected chi connectivity index (χ3v) is 3.70. The van der Waals surface area contributed by atoms with Gasteiger partial charge in [0.05, 0.1) is 5.69 Å². The lowest BCUT2D eigenvalue weighted by molar-refractivity contribution is 0.971. The molecule has 0 unspecified atom stereocenters. The molecule has 0 aliphatic heterocycles.